The molecule has 0 aliphatic heterocycles. The molecule has 0 amide bonds. The quantitative estimate of drug-likeness (QED) is 0.454. The summed E-state index contributed by atoms with van der Waals surface area (Å²) in [6, 6.07) is 11.4. The first-order valence-corrected chi connectivity index (χ1v) is 10.1. The smallest absolute Gasteiger partial charge is 0.340 e. The van der Waals surface area contributed by atoms with Gasteiger partial charge in [0, 0.05) is 22.8 Å². The fraction of sp³-hybridized carbons (Fsp3) is 0.292. The number of carbonyl (C=O) groups excluding carboxylic acids is 3. The number of carbonyl (C=O) groups is 3. The van der Waals surface area contributed by atoms with Gasteiger partial charge in [-0.2, -0.15) is 0 Å². The summed E-state index contributed by atoms with van der Waals surface area (Å²) in [5.41, 5.74) is 4.56. The van der Waals surface area contributed by atoms with Gasteiger partial charge in [0.2, 0.25) is 5.78 Å². The first kappa shape index (κ1) is 22.1. The summed E-state index contributed by atoms with van der Waals surface area (Å²) in [4.78, 5) is 40.4. The first-order valence-electron chi connectivity index (χ1n) is 10.1. The zero-order valence-corrected chi connectivity index (χ0v) is 18.4. The van der Waals surface area contributed by atoms with E-state index in [1.165, 1.54) is 0 Å². The number of benzene rings is 1. The predicted molar refractivity (Wildman–Crippen MR) is 116 cm³/mol. The second-order valence-corrected chi connectivity index (χ2v) is 7.30. The van der Waals surface area contributed by atoms with Crippen LogP contribution >= 0.6 is 0 Å². The van der Waals surface area contributed by atoms with Gasteiger partial charge >= 0.3 is 11.9 Å². The van der Waals surface area contributed by atoms with Gasteiger partial charge in [0.25, 0.3) is 0 Å². The Kier molecular flexibility index (Phi) is 6.44. The summed E-state index contributed by atoms with van der Waals surface area (Å²) < 4.78 is 12.3. The third-order valence-electron chi connectivity index (χ3n) is 5.20. The molecule has 2 heterocycles. The lowest BCUT2D eigenvalue weighted by atomic mass is 10.1. The van der Waals surface area contributed by atoms with Crippen LogP contribution in [-0.4, -0.2) is 40.5 Å². The highest BCUT2D eigenvalue weighted by Crippen LogP contribution is 2.22. The number of aromatic nitrogens is 2. The molecule has 0 fully saturated rings. The molecule has 1 N–H and O–H groups in total. The van der Waals surface area contributed by atoms with E-state index in [0.29, 0.717) is 22.4 Å². The molecule has 0 bridgehead atoms. The number of nitrogens with zero attached hydrogens (tertiary/aromatic N) is 1. The van der Waals surface area contributed by atoms with E-state index in [0.717, 1.165) is 17.1 Å². The van der Waals surface area contributed by atoms with Crippen molar-refractivity contribution in [3.8, 4) is 5.69 Å². The minimum absolute atomic E-state index is 0.239. The van der Waals surface area contributed by atoms with Crippen molar-refractivity contribution in [2.75, 3.05) is 13.2 Å². The van der Waals surface area contributed by atoms with Crippen molar-refractivity contribution in [3.63, 3.8) is 0 Å². The molecule has 7 heteroatoms. The SMILES string of the molecule is CCOC(=O)c1c(C)[nH]c(C(=O)COC(=O)c2cc(C)n(-c3ccccc3)c2C)c1C. The lowest BCUT2D eigenvalue weighted by Gasteiger charge is -2.09. The molecule has 0 saturated carbocycles. The van der Waals surface area contributed by atoms with Crippen LogP contribution in [0.4, 0.5) is 0 Å². The molecule has 0 unspecified atom stereocenters. The van der Waals surface area contributed by atoms with Gasteiger partial charge in [-0.25, -0.2) is 9.59 Å². The minimum atomic E-state index is -0.574. The van der Waals surface area contributed by atoms with Crippen molar-refractivity contribution in [2.24, 2.45) is 0 Å². The van der Waals surface area contributed by atoms with Crippen LogP contribution in [-0.2, 0) is 9.47 Å². The number of para-hydroxylation sites is 1. The van der Waals surface area contributed by atoms with Crippen molar-refractivity contribution in [2.45, 2.75) is 34.6 Å². The molecular weight excluding hydrogens is 396 g/mol. The van der Waals surface area contributed by atoms with Gasteiger partial charge < -0.3 is 19.0 Å². The minimum Gasteiger partial charge on any atom is -0.462 e. The molecule has 0 spiro atoms. The molecule has 7 nitrogen and oxygen atoms in total. The third kappa shape index (κ3) is 4.30. The van der Waals surface area contributed by atoms with E-state index in [2.05, 4.69) is 4.98 Å². The lowest BCUT2D eigenvalue weighted by Crippen LogP contribution is -2.16. The Bertz CT molecular complexity index is 1140. The normalized spacial score (nSPS) is 10.7. The van der Waals surface area contributed by atoms with Crippen molar-refractivity contribution < 1.29 is 23.9 Å². The number of hydrogen-bond acceptors (Lipinski definition) is 5. The van der Waals surface area contributed by atoms with Crippen LogP contribution < -0.4 is 0 Å². The highest BCUT2D eigenvalue weighted by Gasteiger charge is 2.24. The van der Waals surface area contributed by atoms with E-state index >= 15 is 0 Å². The Morgan fingerprint density at radius 3 is 2.29 bits per heavy atom. The Hall–Kier alpha value is -3.61. The summed E-state index contributed by atoms with van der Waals surface area (Å²) in [5, 5.41) is 0. The number of ketones is 1. The molecule has 31 heavy (non-hydrogen) atoms. The van der Waals surface area contributed by atoms with Crippen molar-refractivity contribution >= 4 is 17.7 Å². The van der Waals surface area contributed by atoms with Gasteiger partial charge in [0.1, 0.15) is 0 Å². The number of nitrogens with one attached hydrogen (secondary N) is 1. The molecule has 0 radical (unpaired) electrons. The number of hydrogen-bond donors (Lipinski definition) is 1. The van der Waals surface area contributed by atoms with E-state index in [9.17, 15) is 14.4 Å². The van der Waals surface area contributed by atoms with E-state index in [1.54, 1.807) is 26.8 Å². The molecule has 1 aromatic carbocycles. The number of H-pyrrole nitrogens is 1. The summed E-state index contributed by atoms with van der Waals surface area (Å²) in [6.07, 6.45) is 0. The van der Waals surface area contributed by atoms with E-state index < -0.39 is 24.3 Å². The van der Waals surface area contributed by atoms with Crippen LogP contribution in [0.1, 0.15) is 60.8 Å². The predicted octanol–water partition coefficient (Wildman–Crippen LogP) is 4.26. The number of aryl methyl sites for hydroxylation is 2. The average Bonchev–Trinajstić information content (AvgIpc) is 3.21. The molecule has 0 aliphatic rings. The number of Topliss-reactive ketones (excluding diaryl/α,β-unsaturated/α-hetero) is 1. The largest absolute Gasteiger partial charge is 0.462 e. The van der Waals surface area contributed by atoms with Gasteiger partial charge in [0.05, 0.1) is 23.4 Å². The number of aromatic amines is 1. The highest BCUT2D eigenvalue weighted by molar-refractivity contribution is 6.03. The Labute approximate surface area is 181 Å². The van der Waals surface area contributed by atoms with E-state index in [-0.39, 0.29) is 12.3 Å². The van der Waals surface area contributed by atoms with Crippen LogP contribution in [0.25, 0.3) is 5.69 Å². The summed E-state index contributed by atoms with van der Waals surface area (Å²) in [6.45, 7) is 8.63. The molecule has 2 aromatic heterocycles. The highest BCUT2D eigenvalue weighted by atomic mass is 16.5. The number of ether oxygens (including phenoxy) is 2. The number of rotatable bonds is 7. The standard InChI is InChI=1S/C24H26N2O5/c1-6-30-24(29)21-15(3)22(25-16(21)4)20(27)13-31-23(28)19-12-14(2)26(17(19)5)18-10-8-7-9-11-18/h7-12,25H,6,13H2,1-5H3. The maximum absolute atomic E-state index is 12.7. The zero-order valence-electron chi connectivity index (χ0n) is 18.4. The second-order valence-electron chi connectivity index (χ2n) is 7.30. The molecule has 0 aliphatic carbocycles. The molecule has 3 aromatic rings. The first-order chi connectivity index (χ1) is 14.8. The summed E-state index contributed by atoms with van der Waals surface area (Å²) in [5.74, 6) is -1.48. The van der Waals surface area contributed by atoms with Crippen molar-refractivity contribution in [3.05, 3.63) is 75.9 Å². The molecule has 0 atom stereocenters. The second kappa shape index (κ2) is 9.04. The van der Waals surface area contributed by atoms with Crippen molar-refractivity contribution in [1.29, 1.82) is 0 Å². The maximum Gasteiger partial charge on any atom is 0.340 e. The van der Waals surface area contributed by atoms with E-state index in [4.69, 9.17) is 9.47 Å². The molecule has 162 valence electrons. The molecular formula is C24H26N2O5. The van der Waals surface area contributed by atoms with Gasteiger partial charge in [-0.15, -0.1) is 0 Å². The zero-order chi connectivity index (χ0) is 22.7. The topological polar surface area (TPSA) is 90.4 Å². The van der Waals surface area contributed by atoms with E-state index in [1.807, 2.05) is 48.7 Å². The average molecular weight is 422 g/mol. The Balaban J connectivity index is 1.76. The van der Waals surface area contributed by atoms with Crippen LogP contribution in [0.3, 0.4) is 0 Å². The third-order valence-corrected chi connectivity index (χ3v) is 5.20. The van der Waals surface area contributed by atoms with Gasteiger partial charge in [0.15, 0.2) is 6.61 Å². The molecule has 3 rings (SSSR count). The van der Waals surface area contributed by atoms with Crippen LogP contribution in [0.15, 0.2) is 36.4 Å². The lowest BCUT2D eigenvalue weighted by molar-refractivity contribution is 0.0471. The van der Waals surface area contributed by atoms with Gasteiger partial charge in [-0.05, 0) is 58.4 Å². The van der Waals surface area contributed by atoms with Gasteiger partial charge in [-0.1, -0.05) is 18.2 Å². The van der Waals surface area contributed by atoms with Crippen LogP contribution in [0.2, 0.25) is 0 Å². The monoisotopic (exact) mass is 422 g/mol. The van der Waals surface area contributed by atoms with Gasteiger partial charge in [-0.3, -0.25) is 4.79 Å². The molecule has 0 saturated heterocycles. The van der Waals surface area contributed by atoms with Crippen molar-refractivity contribution in [1.82, 2.24) is 9.55 Å². The maximum atomic E-state index is 12.7. The number of esters is 2. The fourth-order valence-electron chi connectivity index (χ4n) is 3.76. The summed E-state index contributed by atoms with van der Waals surface area (Å²) in [7, 11) is 0. The Morgan fingerprint density at radius 2 is 1.65 bits per heavy atom. The van der Waals surface area contributed by atoms with Crippen LogP contribution in [0.5, 0.6) is 0 Å². The van der Waals surface area contributed by atoms with Crippen LogP contribution in [0, 0.1) is 27.7 Å². The summed E-state index contributed by atoms with van der Waals surface area (Å²) >= 11 is 0. The Morgan fingerprint density at radius 1 is 0.968 bits per heavy atom. The fourth-order valence-corrected chi connectivity index (χ4v) is 3.76.